The van der Waals surface area contributed by atoms with Gasteiger partial charge in [-0.3, -0.25) is 9.89 Å². The van der Waals surface area contributed by atoms with Crippen LogP contribution in [0.5, 0.6) is 0 Å². The van der Waals surface area contributed by atoms with Gasteiger partial charge in [0, 0.05) is 24.2 Å². The monoisotopic (exact) mass is 304 g/mol. The summed E-state index contributed by atoms with van der Waals surface area (Å²) in [7, 11) is 0. The molecule has 1 unspecified atom stereocenters. The molecule has 1 aromatic rings. The van der Waals surface area contributed by atoms with Crippen molar-refractivity contribution in [2.75, 3.05) is 19.6 Å². The molecular formula is C17H28N4O. The summed E-state index contributed by atoms with van der Waals surface area (Å²) in [5.74, 6) is 0.565. The molecule has 1 atom stereocenters. The number of carbonyl (C=O) groups is 1. The van der Waals surface area contributed by atoms with Crippen LogP contribution in [0.3, 0.4) is 0 Å². The molecule has 2 N–H and O–H groups in total. The van der Waals surface area contributed by atoms with E-state index in [2.05, 4.69) is 27.3 Å². The highest BCUT2D eigenvalue weighted by molar-refractivity contribution is 5.92. The molecule has 1 aliphatic heterocycles. The van der Waals surface area contributed by atoms with Gasteiger partial charge in [0.15, 0.2) is 0 Å². The number of nitrogens with one attached hydrogen (secondary N) is 2. The van der Waals surface area contributed by atoms with Gasteiger partial charge in [0.25, 0.3) is 5.91 Å². The number of hydrogen-bond acceptors (Lipinski definition) is 3. The molecule has 0 bridgehead atoms. The second-order valence-electron chi connectivity index (χ2n) is 6.83. The normalized spacial score (nSPS) is 22.7. The van der Waals surface area contributed by atoms with Crippen LogP contribution in [0.15, 0.2) is 6.07 Å². The van der Waals surface area contributed by atoms with Crippen LogP contribution >= 0.6 is 0 Å². The predicted molar refractivity (Wildman–Crippen MR) is 87.0 cm³/mol. The molecule has 5 nitrogen and oxygen atoms in total. The fourth-order valence-corrected chi connectivity index (χ4v) is 3.28. The minimum Gasteiger partial charge on any atom is -0.351 e. The Morgan fingerprint density at radius 1 is 1.36 bits per heavy atom. The van der Waals surface area contributed by atoms with Crippen LogP contribution in [-0.4, -0.2) is 46.7 Å². The first-order valence-electron chi connectivity index (χ1n) is 8.81. The van der Waals surface area contributed by atoms with Crippen LogP contribution in [0.2, 0.25) is 0 Å². The lowest BCUT2D eigenvalue weighted by Crippen LogP contribution is -2.38. The second-order valence-corrected chi connectivity index (χ2v) is 6.83. The first kappa shape index (κ1) is 15.5. The number of aromatic nitrogens is 2. The molecule has 0 radical (unpaired) electrons. The van der Waals surface area contributed by atoms with Crippen LogP contribution in [0.25, 0.3) is 0 Å². The Bertz CT molecular complexity index is 495. The maximum atomic E-state index is 12.0. The Hall–Kier alpha value is -1.36. The summed E-state index contributed by atoms with van der Waals surface area (Å²) in [6, 6.07) is 2.64. The molecule has 0 spiro atoms. The maximum absolute atomic E-state index is 12.0. The zero-order valence-electron chi connectivity index (χ0n) is 13.6. The van der Waals surface area contributed by atoms with Crippen molar-refractivity contribution in [1.29, 1.82) is 0 Å². The number of piperidine rings is 1. The summed E-state index contributed by atoms with van der Waals surface area (Å²) < 4.78 is 0. The summed E-state index contributed by atoms with van der Waals surface area (Å²) in [5, 5.41) is 10.1. The summed E-state index contributed by atoms with van der Waals surface area (Å²) in [6.45, 7) is 5.47. The van der Waals surface area contributed by atoms with Crippen molar-refractivity contribution in [1.82, 2.24) is 20.4 Å². The first-order valence-corrected chi connectivity index (χ1v) is 8.81. The molecule has 2 heterocycles. The highest BCUT2D eigenvalue weighted by Crippen LogP contribution is 2.38. The third-order valence-electron chi connectivity index (χ3n) is 4.95. The van der Waals surface area contributed by atoms with Gasteiger partial charge in [-0.15, -0.1) is 0 Å². The number of unbranched alkanes of at least 4 members (excludes halogenated alkanes) is 1. The number of nitrogens with zero attached hydrogens (tertiary/aromatic N) is 2. The Balaban J connectivity index is 1.31. The van der Waals surface area contributed by atoms with Gasteiger partial charge in [0.05, 0.1) is 0 Å². The van der Waals surface area contributed by atoms with Gasteiger partial charge in [-0.25, -0.2) is 0 Å². The number of rotatable bonds is 7. The lowest BCUT2D eigenvalue weighted by atomic mass is 10.0. The Labute approximate surface area is 132 Å². The molecule has 5 heteroatoms. The minimum atomic E-state index is -0.0468. The number of carbonyl (C=O) groups excluding carboxylic acids is 1. The summed E-state index contributed by atoms with van der Waals surface area (Å²) in [6.07, 6.45) is 8.67. The van der Waals surface area contributed by atoms with Gasteiger partial charge in [-0.05, 0) is 64.6 Å². The van der Waals surface area contributed by atoms with Crippen molar-refractivity contribution >= 4 is 5.91 Å². The smallest absolute Gasteiger partial charge is 0.271 e. The van der Waals surface area contributed by atoms with Crippen LogP contribution < -0.4 is 5.32 Å². The number of aromatic amines is 1. The van der Waals surface area contributed by atoms with Crippen molar-refractivity contribution < 1.29 is 4.79 Å². The fourth-order valence-electron chi connectivity index (χ4n) is 3.28. The van der Waals surface area contributed by atoms with Crippen LogP contribution in [0.4, 0.5) is 0 Å². The summed E-state index contributed by atoms with van der Waals surface area (Å²) in [5.41, 5.74) is 1.65. The molecule has 22 heavy (non-hydrogen) atoms. The Morgan fingerprint density at radius 2 is 2.23 bits per heavy atom. The molecule has 1 saturated carbocycles. The van der Waals surface area contributed by atoms with Crippen molar-refractivity contribution in [3.63, 3.8) is 0 Å². The van der Waals surface area contributed by atoms with E-state index in [1.807, 2.05) is 6.07 Å². The van der Waals surface area contributed by atoms with Crippen molar-refractivity contribution in [3.8, 4) is 0 Å². The largest absolute Gasteiger partial charge is 0.351 e. The first-order chi connectivity index (χ1) is 10.7. The van der Waals surface area contributed by atoms with E-state index >= 15 is 0 Å². The van der Waals surface area contributed by atoms with Crippen molar-refractivity contribution in [3.05, 3.63) is 17.5 Å². The molecule has 0 aromatic carbocycles. The van der Waals surface area contributed by atoms with Crippen LogP contribution in [-0.2, 0) is 0 Å². The number of amides is 1. The third kappa shape index (κ3) is 4.09. The quantitative estimate of drug-likeness (QED) is 0.761. The Kier molecular flexibility index (Phi) is 5.13. The van der Waals surface area contributed by atoms with E-state index < -0.39 is 0 Å². The maximum Gasteiger partial charge on any atom is 0.271 e. The number of hydrogen-bond donors (Lipinski definition) is 2. The van der Waals surface area contributed by atoms with E-state index in [1.165, 1.54) is 38.6 Å². The van der Waals surface area contributed by atoms with Crippen molar-refractivity contribution in [2.45, 2.75) is 63.8 Å². The van der Waals surface area contributed by atoms with Gasteiger partial charge in [-0.1, -0.05) is 6.42 Å². The number of H-pyrrole nitrogens is 1. The lowest BCUT2D eigenvalue weighted by molar-refractivity contribution is 0.0946. The Morgan fingerprint density at radius 3 is 3.00 bits per heavy atom. The van der Waals surface area contributed by atoms with Gasteiger partial charge in [0.1, 0.15) is 5.69 Å². The second kappa shape index (κ2) is 7.27. The molecule has 1 amide bonds. The third-order valence-corrected chi connectivity index (χ3v) is 4.95. The SMILES string of the molecule is CC1CCCCN1CCCCNC(=O)c1cc(C2CC2)[nH]n1. The molecule has 3 rings (SSSR count). The topological polar surface area (TPSA) is 61.0 Å². The molecule has 122 valence electrons. The zero-order chi connectivity index (χ0) is 15.4. The molecule has 1 saturated heterocycles. The molecule has 2 fully saturated rings. The zero-order valence-corrected chi connectivity index (χ0v) is 13.6. The lowest BCUT2D eigenvalue weighted by Gasteiger charge is -2.33. The van der Waals surface area contributed by atoms with E-state index in [4.69, 9.17) is 0 Å². The summed E-state index contributed by atoms with van der Waals surface area (Å²) in [4.78, 5) is 14.6. The minimum absolute atomic E-state index is 0.0468. The van der Waals surface area contributed by atoms with Crippen molar-refractivity contribution in [2.24, 2.45) is 0 Å². The average molecular weight is 304 g/mol. The average Bonchev–Trinajstić information content (AvgIpc) is 3.26. The van der Waals surface area contributed by atoms with Gasteiger partial charge in [-0.2, -0.15) is 5.10 Å². The molecule has 2 aliphatic rings. The standard InChI is InChI=1S/C17H28N4O/c1-13-6-2-4-10-21(13)11-5-3-9-18-17(22)16-12-15(19-20-16)14-7-8-14/h12-14H,2-11H2,1H3,(H,18,22)(H,19,20). The fraction of sp³-hybridized carbons (Fsp3) is 0.765. The van der Waals surface area contributed by atoms with Gasteiger partial charge in [0.2, 0.25) is 0 Å². The van der Waals surface area contributed by atoms with E-state index in [9.17, 15) is 4.79 Å². The van der Waals surface area contributed by atoms with Gasteiger partial charge < -0.3 is 10.2 Å². The molecule has 1 aromatic heterocycles. The number of likely N-dealkylation sites (tertiary alicyclic amines) is 1. The van der Waals surface area contributed by atoms with Gasteiger partial charge >= 0.3 is 0 Å². The molecular weight excluding hydrogens is 276 g/mol. The molecule has 1 aliphatic carbocycles. The van der Waals surface area contributed by atoms with E-state index in [1.54, 1.807) is 0 Å². The van der Waals surface area contributed by atoms with E-state index in [-0.39, 0.29) is 5.91 Å². The van der Waals surface area contributed by atoms with Crippen LogP contribution in [0.1, 0.15) is 74.0 Å². The van der Waals surface area contributed by atoms with E-state index in [0.717, 1.165) is 37.7 Å². The highest BCUT2D eigenvalue weighted by atomic mass is 16.1. The highest BCUT2D eigenvalue weighted by Gasteiger charge is 2.26. The summed E-state index contributed by atoms with van der Waals surface area (Å²) >= 11 is 0. The van der Waals surface area contributed by atoms with Crippen LogP contribution in [0, 0.1) is 0 Å². The predicted octanol–water partition coefficient (Wildman–Crippen LogP) is 2.67. The van der Waals surface area contributed by atoms with E-state index in [0.29, 0.717) is 11.6 Å².